The molecule has 5 rings (SSSR count). The first-order valence-corrected chi connectivity index (χ1v) is 12.7. The molecule has 36 heavy (non-hydrogen) atoms. The largest absolute Gasteiger partial charge is 0.477 e. The van der Waals surface area contributed by atoms with Gasteiger partial charge in [-0.15, -0.1) is 0 Å². The van der Waals surface area contributed by atoms with Crippen molar-refractivity contribution < 1.29 is 14.7 Å². The fourth-order valence-corrected chi connectivity index (χ4v) is 5.50. The molecule has 1 aromatic heterocycles. The number of ketones is 1. The van der Waals surface area contributed by atoms with Crippen molar-refractivity contribution in [3.63, 3.8) is 0 Å². The summed E-state index contributed by atoms with van der Waals surface area (Å²) in [5, 5.41) is 11.2. The maximum absolute atomic E-state index is 13.2. The van der Waals surface area contributed by atoms with Crippen molar-refractivity contribution in [1.29, 1.82) is 0 Å². The third kappa shape index (κ3) is 4.84. The van der Waals surface area contributed by atoms with Gasteiger partial charge < -0.3 is 9.67 Å². The van der Waals surface area contributed by atoms with Crippen LogP contribution in [0.3, 0.4) is 0 Å². The lowest BCUT2D eigenvalue weighted by Crippen LogP contribution is -2.16. The van der Waals surface area contributed by atoms with Crippen LogP contribution in [0, 0.1) is 0 Å². The number of nitrogens with zero attached hydrogens (tertiary/aromatic N) is 1. The Balaban J connectivity index is 1.61. The van der Waals surface area contributed by atoms with E-state index in [1.165, 1.54) is 5.56 Å². The van der Waals surface area contributed by atoms with Crippen LogP contribution in [-0.2, 0) is 25.8 Å². The van der Waals surface area contributed by atoms with Crippen molar-refractivity contribution in [1.82, 2.24) is 4.57 Å². The van der Waals surface area contributed by atoms with Crippen molar-refractivity contribution in [2.45, 2.75) is 38.6 Å². The van der Waals surface area contributed by atoms with Crippen molar-refractivity contribution in [2.24, 2.45) is 0 Å². The minimum atomic E-state index is -1.03. The van der Waals surface area contributed by atoms with Crippen LogP contribution in [0.15, 0.2) is 72.8 Å². The predicted molar refractivity (Wildman–Crippen MR) is 143 cm³/mol. The van der Waals surface area contributed by atoms with Crippen molar-refractivity contribution in [3.05, 3.63) is 128 Å². The molecule has 1 heterocycles. The van der Waals surface area contributed by atoms with Gasteiger partial charge in [-0.3, -0.25) is 4.79 Å². The fraction of sp³-hybridized carbons (Fsp3) is 0.200. The zero-order valence-corrected chi connectivity index (χ0v) is 21.1. The molecule has 0 spiro atoms. The van der Waals surface area contributed by atoms with Gasteiger partial charge in [0.05, 0.1) is 10.0 Å². The lowest BCUT2D eigenvalue weighted by atomic mass is 9.88. The molecule has 0 saturated heterocycles. The zero-order chi connectivity index (χ0) is 25.2. The summed E-state index contributed by atoms with van der Waals surface area (Å²) < 4.78 is 1.80. The van der Waals surface area contributed by atoms with Crippen LogP contribution in [-0.4, -0.2) is 21.4 Å². The van der Waals surface area contributed by atoms with Gasteiger partial charge in [-0.1, -0.05) is 83.9 Å². The van der Waals surface area contributed by atoms with Gasteiger partial charge in [0, 0.05) is 36.2 Å². The van der Waals surface area contributed by atoms with Gasteiger partial charge in [-0.25, -0.2) is 4.79 Å². The smallest absolute Gasteiger partial charge is 0.352 e. The third-order valence-electron chi connectivity index (χ3n) is 6.82. The SMILES string of the molecule is O=C1CCCc2c1c(Cc1ccccc1Cc1ccccc1)c(C(=O)O)n2Cc1ccc(Cl)c(Cl)c1. The second-order valence-corrected chi connectivity index (χ2v) is 9.99. The van der Waals surface area contributed by atoms with Crippen LogP contribution in [0.25, 0.3) is 0 Å². The topological polar surface area (TPSA) is 59.3 Å². The maximum atomic E-state index is 13.2. The summed E-state index contributed by atoms with van der Waals surface area (Å²) in [4.78, 5) is 25.8. The van der Waals surface area contributed by atoms with Crippen molar-refractivity contribution in [2.75, 3.05) is 0 Å². The first-order chi connectivity index (χ1) is 17.4. The molecular formula is C30H25Cl2NO3. The Morgan fingerprint density at radius 1 is 0.833 bits per heavy atom. The molecule has 0 fully saturated rings. The molecule has 0 atom stereocenters. The first kappa shape index (κ1) is 24.4. The molecule has 3 aromatic carbocycles. The van der Waals surface area contributed by atoms with Crippen molar-refractivity contribution in [3.8, 4) is 0 Å². The van der Waals surface area contributed by atoms with Crippen LogP contribution >= 0.6 is 23.2 Å². The highest BCUT2D eigenvalue weighted by molar-refractivity contribution is 6.42. The maximum Gasteiger partial charge on any atom is 0.352 e. The minimum absolute atomic E-state index is 0.0159. The average Bonchev–Trinajstić information content (AvgIpc) is 3.17. The molecule has 182 valence electrons. The highest BCUT2D eigenvalue weighted by Crippen LogP contribution is 2.34. The number of rotatable bonds is 7. The molecule has 0 aliphatic heterocycles. The van der Waals surface area contributed by atoms with E-state index in [0.29, 0.717) is 53.4 Å². The number of fused-ring (bicyclic) bond motifs is 1. The molecule has 4 aromatic rings. The summed E-state index contributed by atoms with van der Waals surface area (Å²) in [6.45, 7) is 0.305. The number of carbonyl (C=O) groups excluding carboxylic acids is 1. The van der Waals surface area contributed by atoms with E-state index in [-0.39, 0.29) is 11.5 Å². The van der Waals surface area contributed by atoms with E-state index in [9.17, 15) is 14.7 Å². The summed E-state index contributed by atoms with van der Waals surface area (Å²) in [5.41, 5.74) is 6.31. The molecule has 0 unspecified atom stereocenters. The van der Waals surface area contributed by atoms with Crippen LogP contribution in [0.5, 0.6) is 0 Å². The summed E-state index contributed by atoms with van der Waals surface area (Å²) in [6, 6.07) is 23.5. The fourth-order valence-electron chi connectivity index (χ4n) is 5.18. The molecule has 4 nitrogen and oxygen atoms in total. The molecule has 0 amide bonds. The second kappa shape index (κ2) is 10.3. The number of hydrogen-bond acceptors (Lipinski definition) is 2. The Morgan fingerprint density at radius 3 is 2.22 bits per heavy atom. The lowest BCUT2D eigenvalue weighted by Gasteiger charge is -2.16. The van der Waals surface area contributed by atoms with E-state index >= 15 is 0 Å². The third-order valence-corrected chi connectivity index (χ3v) is 7.56. The predicted octanol–water partition coefficient (Wildman–Crippen LogP) is 7.24. The summed E-state index contributed by atoms with van der Waals surface area (Å²) in [7, 11) is 0. The Labute approximate surface area is 220 Å². The highest BCUT2D eigenvalue weighted by Gasteiger charge is 2.32. The quantitative estimate of drug-likeness (QED) is 0.281. The Morgan fingerprint density at radius 2 is 1.53 bits per heavy atom. The monoisotopic (exact) mass is 517 g/mol. The number of carboxylic acids is 1. The van der Waals surface area contributed by atoms with E-state index in [1.54, 1.807) is 16.7 Å². The number of benzene rings is 3. The van der Waals surface area contributed by atoms with Gasteiger partial charge >= 0.3 is 5.97 Å². The molecule has 0 bridgehead atoms. The molecule has 0 radical (unpaired) electrons. The molecule has 1 aliphatic carbocycles. The van der Waals surface area contributed by atoms with E-state index in [4.69, 9.17) is 23.2 Å². The number of carbonyl (C=O) groups is 2. The van der Waals surface area contributed by atoms with E-state index in [1.807, 2.05) is 42.5 Å². The van der Waals surface area contributed by atoms with Crippen LogP contribution in [0.4, 0.5) is 0 Å². The van der Waals surface area contributed by atoms with Crippen molar-refractivity contribution >= 4 is 35.0 Å². The normalized spacial score (nSPS) is 13.0. The average molecular weight is 518 g/mol. The molecule has 0 saturated carbocycles. The van der Waals surface area contributed by atoms with Gasteiger partial charge in [0.1, 0.15) is 5.69 Å². The Bertz CT molecular complexity index is 1460. The van der Waals surface area contributed by atoms with E-state index in [0.717, 1.165) is 28.8 Å². The van der Waals surface area contributed by atoms with Gasteiger partial charge in [-0.2, -0.15) is 0 Å². The van der Waals surface area contributed by atoms with Crippen LogP contribution in [0.1, 0.15) is 67.2 Å². The Hall–Kier alpha value is -3.34. The minimum Gasteiger partial charge on any atom is -0.477 e. The number of Topliss-reactive ketones (excluding diaryl/α,β-unsaturated/α-hetero) is 1. The lowest BCUT2D eigenvalue weighted by molar-refractivity contribution is 0.0684. The first-order valence-electron chi connectivity index (χ1n) is 12.0. The summed E-state index contributed by atoms with van der Waals surface area (Å²) in [5.74, 6) is -1.02. The van der Waals surface area contributed by atoms with E-state index in [2.05, 4.69) is 18.2 Å². The zero-order valence-electron chi connectivity index (χ0n) is 19.6. The molecule has 1 aliphatic rings. The van der Waals surface area contributed by atoms with E-state index < -0.39 is 5.97 Å². The van der Waals surface area contributed by atoms with Gasteiger partial charge in [0.15, 0.2) is 5.78 Å². The number of aromatic carboxylic acids is 1. The molecular weight excluding hydrogens is 493 g/mol. The molecule has 1 N–H and O–H groups in total. The Kier molecular flexibility index (Phi) is 6.99. The second-order valence-electron chi connectivity index (χ2n) is 9.17. The number of hydrogen-bond donors (Lipinski definition) is 1. The molecule has 6 heteroatoms. The van der Waals surface area contributed by atoms with Crippen LogP contribution in [0.2, 0.25) is 10.0 Å². The van der Waals surface area contributed by atoms with Gasteiger partial charge in [0.2, 0.25) is 0 Å². The highest BCUT2D eigenvalue weighted by atomic mass is 35.5. The number of halogens is 2. The van der Waals surface area contributed by atoms with Crippen LogP contribution < -0.4 is 0 Å². The number of carboxylic acid groups (broad SMARTS) is 1. The van der Waals surface area contributed by atoms with Gasteiger partial charge in [0.25, 0.3) is 0 Å². The standard InChI is InChI=1S/C30H25Cl2NO3/c31-24-14-13-20(16-25(24)32)18-33-26-11-6-12-27(34)28(26)23(29(33)30(35)36)17-22-10-5-4-9-21(22)15-19-7-2-1-3-8-19/h1-5,7-10,13-14,16H,6,11-12,15,17-18H2,(H,35,36). The van der Waals surface area contributed by atoms with Gasteiger partial charge in [-0.05, 0) is 53.6 Å². The summed E-state index contributed by atoms with van der Waals surface area (Å²) in [6.07, 6.45) is 2.92. The summed E-state index contributed by atoms with van der Waals surface area (Å²) >= 11 is 12.3. The number of aromatic nitrogens is 1.